The lowest BCUT2D eigenvalue weighted by Crippen LogP contribution is -2.20. The van der Waals surface area contributed by atoms with Crippen molar-refractivity contribution < 1.29 is 19.2 Å². The van der Waals surface area contributed by atoms with E-state index in [0.717, 1.165) is 0 Å². The summed E-state index contributed by atoms with van der Waals surface area (Å²) in [5.74, 6) is -0.717. The molecule has 0 bridgehead atoms. The van der Waals surface area contributed by atoms with E-state index in [1.165, 1.54) is 23.8 Å². The zero-order valence-electron chi connectivity index (χ0n) is 17.1. The number of esters is 1. The number of carbonyl (C=O) groups excluding carboxylic acids is 1. The zero-order valence-corrected chi connectivity index (χ0v) is 17.9. The van der Waals surface area contributed by atoms with Crippen molar-refractivity contribution in [3.8, 4) is 5.69 Å². The van der Waals surface area contributed by atoms with E-state index in [1.54, 1.807) is 37.3 Å². The predicted octanol–water partition coefficient (Wildman–Crippen LogP) is 3.91. The summed E-state index contributed by atoms with van der Waals surface area (Å²) in [5.41, 5.74) is 7.97. The molecule has 0 aliphatic carbocycles. The number of aromatic nitrogens is 3. The molecule has 4 rings (SSSR count). The number of ether oxygens (including phenoxy) is 2. The molecule has 0 saturated heterocycles. The van der Waals surface area contributed by atoms with Crippen LogP contribution in [0.2, 0.25) is 5.02 Å². The first-order valence-corrected chi connectivity index (χ1v) is 9.90. The van der Waals surface area contributed by atoms with Gasteiger partial charge in [-0.25, -0.2) is 14.8 Å². The molecule has 0 spiro atoms. The van der Waals surface area contributed by atoms with Gasteiger partial charge in [-0.3, -0.25) is 14.7 Å². The zero-order chi connectivity index (χ0) is 23.0. The maximum atomic E-state index is 13.0. The first kappa shape index (κ1) is 21.5. The number of nitrogen functional groups attached to an aromatic ring is 1. The average Bonchev–Trinajstić information content (AvgIpc) is 3.03. The molecule has 0 amide bonds. The number of fused-ring (bicyclic) bond motifs is 2. The summed E-state index contributed by atoms with van der Waals surface area (Å²) in [6, 6.07) is 11.3. The number of nitro benzene ring substituents is 1. The fourth-order valence-corrected chi connectivity index (χ4v) is 3.60. The number of nitrogens with two attached hydrogens (primary N) is 1. The smallest absolute Gasteiger partial charge is 0.344 e. The van der Waals surface area contributed by atoms with Crippen LogP contribution in [-0.2, 0) is 9.47 Å². The van der Waals surface area contributed by atoms with E-state index in [-0.39, 0.29) is 39.9 Å². The van der Waals surface area contributed by atoms with E-state index < -0.39 is 17.0 Å². The number of para-hydroxylation sites is 2. The van der Waals surface area contributed by atoms with E-state index in [4.69, 9.17) is 26.8 Å². The summed E-state index contributed by atoms with van der Waals surface area (Å²) in [5, 5.41) is 11.4. The van der Waals surface area contributed by atoms with Gasteiger partial charge in [-0.1, -0.05) is 23.7 Å². The van der Waals surface area contributed by atoms with Gasteiger partial charge >= 0.3 is 5.97 Å². The normalized spacial score (nSPS) is 12.2. The molecule has 0 radical (unpaired) electrons. The lowest BCUT2D eigenvalue weighted by Gasteiger charge is -2.12. The van der Waals surface area contributed by atoms with Crippen LogP contribution >= 0.6 is 11.6 Å². The fraction of sp³-hybridized carbons (Fsp3) is 0.190. The van der Waals surface area contributed by atoms with Crippen LogP contribution in [-0.4, -0.2) is 45.2 Å². The second-order valence-electron chi connectivity index (χ2n) is 7.04. The number of hydrogen-bond donors (Lipinski definition) is 1. The molecule has 0 saturated carbocycles. The SMILES string of the molecule is COCC(C)OC(=O)c1c(N)n(-c2ccc(Cl)c([N+](=O)[O-])c2)c2nc3ccccc3nc12. The van der Waals surface area contributed by atoms with Crippen LogP contribution < -0.4 is 5.73 Å². The molecule has 0 fully saturated rings. The highest BCUT2D eigenvalue weighted by Crippen LogP contribution is 2.34. The Bertz CT molecular complexity index is 1370. The van der Waals surface area contributed by atoms with Crippen molar-refractivity contribution >= 4 is 51.3 Å². The van der Waals surface area contributed by atoms with Gasteiger partial charge in [0.1, 0.15) is 28.0 Å². The molecule has 1 atom stereocenters. The van der Waals surface area contributed by atoms with Gasteiger partial charge in [0.25, 0.3) is 5.69 Å². The molecule has 11 heteroatoms. The lowest BCUT2D eigenvalue weighted by atomic mass is 10.2. The standard InChI is InChI=1S/C21H18ClN5O5/c1-11(10-31-2)32-21(28)17-18-20(25-15-6-4-3-5-14(15)24-18)26(19(17)23)12-7-8-13(22)16(9-12)27(29)30/h3-9,11H,10,23H2,1-2H3. The number of hydrogen-bond acceptors (Lipinski definition) is 8. The van der Waals surface area contributed by atoms with Gasteiger partial charge in [0.2, 0.25) is 0 Å². The number of methoxy groups -OCH3 is 1. The Morgan fingerprint density at radius 2 is 1.94 bits per heavy atom. The number of rotatable bonds is 6. The summed E-state index contributed by atoms with van der Waals surface area (Å²) in [7, 11) is 1.50. The van der Waals surface area contributed by atoms with E-state index >= 15 is 0 Å². The maximum Gasteiger partial charge on any atom is 0.344 e. The molecule has 0 aliphatic rings. The molecule has 2 heterocycles. The van der Waals surface area contributed by atoms with Crippen LogP contribution in [0.4, 0.5) is 11.5 Å². The number of anilines is 1. The molecule has 164 valence electrons. The van der Waals surface area contributed by atoms with Crippen molar-refractivity contribution in [2.75, 3.05) is 19.5 Å². The van der Waals surface area contributed by atoms with Gasteiger partial charge in [-0.15, -0.1) is 0 Å². The second kappa shape index (κ2) is 8.40. The Balaban J connectivity index is 2.00. The Hall–Kier alpha value is -3.76. The van der Waals surface area contributed by atoms with Gasteiger partial charge in [-0.2, -0.15) is 0 Å². The Labute approximate surface area is 186 Å². The number of benzene rings is 2. The van der Waals surface area contributed by atoms with Gasteiger partial charge in [0.05, 0.1) is 28.3 Å². The van der Waals surface area contributed by atoms with Gasteiger partial charge in [0, 0.05) is 13.2 Å². The van der Waals surface area contributed by atoms with Gasteiger partial charge in [0.15, 0.2) is 5.65 Å². The number of halogens is 1. The first-order valence-electron chi connectivity index (χ1n) is 9.52. The molecule has 0 aliphatic heterocycles. The quantitative estimate of drug-likeness (QED) is 0.262. The Morgan fingerprint density at radius 1 is 1.25 bits per heavy atom. The second-order valence-corrected chi connectivity index (χ2v) is 7.45. The molecule has 1 unspecified atom stereocenters. The summed E-state index contributed by atoms with van der Waals surface area (Å²) >= 11 is 5.96. The summed E-state index contributed by atoms with van der Waals surface area (Å²) < 4.78 is 11.9. The highest BCUT2D eigenvalue weighted by atomic mass is 35.5. The average molecular weight is 456 g/mol. The fourth-order valence-electron chi connectivity index (χ4n) is 3.41. The largest absolute Gasteiger partial charge is 0.456 e. The minimum absolute atomic E-state index is 0.0125. The monoisotopic (exact) mass is 455 g/mol. The third-order valence-corrected chi connectivity index (χ3v) is 5.12. The molecule has 32 heavy (non-hydrogen) atoms. The third kappa shape index (κ3) is 3.70. The summed E-state index contributed by atoms with van der Waals surface area (Å²) in [6.45, 7) is 1.88. The van der Waals surface area contributed by atoms with Crippen molar-refractivity contribution in [1.82, 2.24) is 14.5 Å². The van der Waals surface area contributed by atoms with Crippen molar-refractivity contribution in [1.29, 1.82) is 0 Å². The summed E-state index contributed by atoms with van der Waals surface area (Å²) in [4.78, 5) is 33.0. The molecule has 2 aromatic carbocycles. The van der Waals surface area contributed by atoms with Crippen molar-refractivity contribution in [3.63, 3.8) is 0 Å². The van der Waals surface area contributed by atoms with Crippen LogP contribution in [0.25, 0.3) is 27.9 Å². The Kier molecular flexibility index (Phi) is 5.64. The van der Waals surface area contributed by atoms with E-state index in [0.29, 0.717) is 16.7 Å². The topological polar surface area (TPSA) is 135 Å². The van der Waals surface area contributed by atoms with Gasteiger partial charge < -0.3 is 15.2 Å². The lowest BCUT2D eigenvalue weighted by molar-refractivity contribution is -0.384. The molecule has 10 nitrogen and oxygen atoms in total. The molecule has 2 aromatic heterocycles. The first-order chi connectivity index (χ1) is 15.3. The van der Waals surface area contributed by atoms with Gasteiger partial charge in [-0.05, 0) is 31.2 Å². The van der Waals surface area contributed by atoms with Crippen molar-refractivity contribution in [2.24, 2.45) is 0 Å². The Morgan fingerprint density at radius 3 is 2.59 bits per heavy atom. The van der Waals surface area contributed by atoms with Crippen LogP contribution in [0.15, 0.2) is 42.5 Å². The van der Waals surface area contributed by atoms with Crippen LogP contribution in [0.5, 0.6) is 0 Å². The van der Waals surface area contributed by atoms with E-state index in [9.17, 15) is 14.9 Å². The van der Waals surface area contributed by atoms with Crippen LogP contribution in [0, 0.1) is 10.1 Å². The third-order valence-electron chi connectivity index (χ3n) is 4.80. The van der Waals surface area contributed by atoms with Crippen LogP contribution in [0.3, 0.4) is 0 Å². The number of nitrogens with zero attached hydrogens (tertiary/aromatic N) is 4. The summed E-state index contributed by atoms with van der Waals surface area (Å²) in [6.07, 6.45) is -0.532. The maximum absolute atomic E-state index is 13.0. The van der Waals surface area contributed by atoms with Crippen molar-refractivity contribution in [2.45, 2.75) is 13.0 Å². The molecular formula is C21H18ClN5O5. The number of nitro groups is 1. The minimum Gasteiger partial charge on any atom is -0.456 e. The highest BCUT2D eigenvalue weighted by Gasteiger charge is 2.28. The van der Waals surface area contributed by atoms with E-state index in [1.807, 2.05) is 0 Å². The van der Waals surface area contributed by atoms with E-state index in [2.05, 4.69) is 9.97 Å². The molecule has 2 N–H and O–H groups in total. The predicted molar refractivity (Wildman–Crippen MR) is 119 cm³/mol. The molecular weight excluding hydrogens is 438 g/mol. The van der Waals surface area contributed by atoms with Crippen LogP contribution in [0.1, 0.15) is 17.3 Å². The minimum atomic E-state index is -0.705. The number of carbonyl (C=O) groups is 1. The van der Waals surface area contributed by atoms with Crippen molar-refractivity contribution in [3.05, 3.63) is 63.2 Å². The molecule has 4 aromatic rings. The highest BCUT2D eigenvalue weighted by molar-refractivity contribution is 6.32.